The summed E-state index contributed by atoms with van der Waals surface area (Å²) in [5, 5.41) is 4.01. The van der Waals surface area contributed by atoms with E-state index in [1.807, 2.05) is 30.1 Å². The van der Waals surface area contributed by atoms with Crippen molar-refractivity contribution in [2.24, 2.45) is 0 Å². The van der Waals surface area contributed by atoms with Crippen LogP contribution in [-0.4, -0.2) is 35.9 Å². The first-order valence-electron chi connectivity index (χ1n) is 7.44. The summed E-state index contributed by atoms with van der Waals surface area (Å²) in [6.45, 7) is 5.38. The summed E-state index contributed by atoms with van der Waals surface area (Å²) >= 11 is 1.70. The molecule has 21 heavy (non-hydrogen) atoms. The molecule has 0 bridgehead atoms. The van der Waals surface area contributed by atoms with E-state index in [9.17, 15) is 4.79 Å². The Hall–Kier alpha value is -1.46. The average molecular weight is 305 g/mol. The lowest BCUT2D eigenvalue weighted by atomic mass is 10.3. The van der Waals surface area contributed by atoms with E-state index >= 15 is 0 Å². The molecule has 4 nitrogen and oxygen atoms in total. The van der Waals surface area contributed by atoms with Crippen LogP contribution in [0, 0.1) is 0 Å². The molecule has 0 radical (unpaired) electrons. The molecule has 5 heteroatoms. The van der Waals surface area contributed by atoms with Gasteiger partial charge < -0.3 is 5.32 Å². The van der Waals surface area contributed by atoms with Crippen LogP contribution in [0.1, 0.15) is 37.7 Å². The highest BCUT2D eigenvalue weighted by atomic mass is 32.1. The molecule has 1 heterocycles. The molecule has 0 aliphatic heterocycles. The fraction of sp³-hybridized carbons (Fsp3) is 0.500. The Labute approximate surface area is 130 Å². The Bertz CT molecular complexity index is 563. The molecule has 0 saturated heterocycles. The number of rotatable bonds is 7. The third-order valence-electron chi connectivity index (χ3n) is 3.57. The third kappa shape index (κ3) is 4.25. The minimum atomic E-state index is 0.0823. The molecule has 0 aliphatic rings. The SMILES string of the molecule is CCCCNC(=O)CN(C)[C@@H](C)c1nc2ccccc2s1. The van der Waals surface area contributed by atoms with Gasteiger partial charge in [-0.25, -0.2) is 4.98 Å². The number of fused-ring (bicyclic) bond motifs is 1. The second-order valence-electron chi connectivity index (χ2n) is 5.31. The summed E-state index contributed by atoms with van der Waals surface area (Å²) in [6.07, 6.45) is 2.13. The van der Waals surface area contributed by atoms with Crippen LogP contribution in [0.4, 0.5) is 0 Å². The highest BCUT2D eigenvalue weighted by Crippen LogP contribution is 2.28. The predicted molar refractivity (Wildman–Crippen MR) is 88.6 cm³/mol. The maximum atomic E-state index is 11.9. The largest absolute Gasteiger partial charge is 0.355 e. The van der Waals surface area contributed by atoms with Gasteiger partial charge in [0.1, 0.15) is 5.01 Å². The van der Waals surface area contributed by atoms with Crippen LogP contribution in [0.5, 0.6) is 0 Å². The summed E-state index contributed by atoms with van der Waals surface area (Å²) in [5.41, 5.74) is 1.03. The number of thiazole rings is 1. The lowest BCUT2D eigenvalue weighted by Gasteiger charge is -2.22. The van der Waals surface area contributed by atoms with Crippen LogP contribution in [0.3, 0.4) is 0 Å². The zero-order valence-corrected chi connectivity index (χ0v) is 13.7. The van der Waals surface area contributed by atoms with Crippen LogP contribution in [0.15, 0.2) is 24.3 Å². The number of hydrogen-bond donors (Lipinski definition) is 1. The lowest BCUT2D eigenvalue weighted by molar-refractivity contribution is -0.122. The number of amides is 1. The normalized spacial score (nSPS) is 12.8. The number of likely N-dealkylation sites (N-methyl/N-ethyl adjacent to an activating group) is 1. The molecule has 0 fully saturated rings. The number of nitrogens with zero attached hydrogens (tertiary/aromatic N) is 2. The van der Waals surface area contributed by atoms with Crippen LogP contribution in [-0.2, 0) is 4.79 Å². The van der Waals surface area contributed by atoms with Crippen LogP contribution < -0.4 is 5.32 Å². The number of carbonyl (C=O) groups excluding carboxylic acids is 1. The fourth-order valence-electron chi connectivity index (χ4n) is 2.08. The van der Waals surface area contributed by atoms with Gasteiger partial charge in [0, 0.05) is 6.54 Å². The van der Waals surface area contributed by atoms with Crippen LogP contribution in [0.25, 0.3) is 10.2 Å². The van der Waals surface area contributed by atoms with E-state index in [2.05, 4.69) is 30.2 Å². The van der Waals surface area contributed by atoms with Gasteiger partial charge in [0.15, 0.2) is 0 Å². The number of unbranched alkanes of at least 4 members (excludes halogenated alkanes) is 1. The predicted octanol–water partition coefficient (Wildman–Crippen LogP) is 3.21. The highest BCUT2D eigenvalue weighted by molar-refractivity contribution is 7.18. The number of nitrogens with one attached hydrogen (secondary N) is 1. The monoisotopic (exact) mass is 305 g/mol. The second kappa shape index (κ2) is 7.52. The van der Waals surface area contributed by atoms with Crippen molar-refractivity contribution in [1.82, 2.24) is 15.2 Å². The van der Waals surface area contributed by atoms with E-state index in [0.717, 1.165) is 29.9 Å². The van der Waals surface area contributed by atoms with Gasteiger partial charge in [0.05, 0.1) is 22.8 Å². The molecule has 0 unspecified atom stereocenters. The van der Waals surface area contributed by atoms with E-state index in [-0.39, 0.29) is 11.9 Å². The van der Waals surface area contributed by atoms with Crippen molar-refractivity contribution >= 4 is 27.5 Å². The van der Waals surface area contributed by atoms with Crippen molar-refractivity contribution in [3.05, 3.63) is 29.3 Å². The Morgan fingerprint density at radius 1 is 1.43 bits per heavy atom. The Morgan fingerprint density at radius 3 is 2.90 bits per heavy atom. The Morgan fingerprint density at radius 2 is 2.19 bits per heavy atom. The maximum Gasteiger partial charge on any atom is 0.234 e. The van der Waals surface area contributed by atoms with E-state index in [1.165, 1.54) is 4.70 Å². The molecular formula is C16H23N3OS. The first kappa shape index (κ1) is 15.9. The minimum Gasteiger partial charge on any atom is -0.355 e. The number of benzene rings is 1. The van der Waals surface area contributed by atoms with E-state index in [1.54, 1.807) is 11.3 Å². The molecular weight excluding hydrogens is 282 g/mol. The van der Waals surface area contributed by atoms with Crippen LogP contribution >= 0.6 is 11.3 Å². The first-order valence-corrected chi connectivity index (χ1v) is 8.26. The van der Waals surface area contributed by atoms with E-state index in [4.69, 9.17) is 0 Å². The van der Waals surface area contributed by atoms with Gasteiger partial charge in [-0.3, -0.25) is 9.69 Å². The summed E-state index contributed by atoms with van der Waals surface area (Å²) < 4.78 is 1.19. The van der Waals surface area contributed by atoms with Gasteiger partial charge in [0.2, 0.25) is 5.91 Å². The fourth-order valence-corrected chi connectivity index (χ4v) is 3.17. The summed E-state index contributed by atoms with van der Waals surface area (Å²) in [4.78, 5) is 18.6. The molecule has 0 saturated carbocycles. The molecule has 2 aromatic rings. The molecule has 1 atom stereocenters. The van der Waals surface area contributed by atoms with Crippen molar-refractivity contribution in [2.75, 3.05) is 20.1 Å². The number of aromatic nitrogens is 1. The van der Waals surface area contributed by atoms with Gasteiger partial charge in [-0.05, 0) is 32.5 Å². The highest BCUT2D eigenvalue weighted by Gasteiger charge is 2.18. The average Bonchev–Trinajstić information content (AvgIpc) is 2.90. The zero-order chi connectivity index (χ0) is 15.2. The first-order chi connectivity index (χ1) is 10.1. The van der Waals surface area contributed by atoms with Gasteiger partial charge >= 0.3 is 0 Å². The quantitative estimate of drug-likeness (QED) is 0.799. The molecule has 1 aromatic carbocycles. The number of carbonyl (C=O) groups is 1. The Balaban J connectivity index is 1.95. The summed E-state index contributed by atoms with van der Waals surface area (Å²) in [5.74, 6) is 0.0823. The van der Waals surface area contributed by atoms with Gasteiger partial charge in [-0.15, -0.1) is 11.3 Å². The number of para-hydroxylation sites is 1. The van der Waals surface area contributed by atoms with E-state index in [0.29, 0.717) is 6.54 Å². The molecule has 1 aromatic heterocycles. The zero-order valence-electron chi connectivity index (χ0n) is 12.9. The standard InChI is InChI=1S/C16H23N3OS/c1-4-5-10-17-15(20)11-19(3)12(2)16-18-13-8-6-7-9-14(13)21-16/h6-9,12H,4-5,10-11H2,1-3H3,(H,17,20)/t12-/m0/s1. The molecule has 0 spiro atoms. The van der Waals surface area contributed by atoms with Gasteiger partial charge in [-0.2, -0.15) is 0 Å². The molecule has 114 valence electrons. The molecule has 0 aliphatic carbocycles. The van der Waals surface area contributed by atoms with Crippen molar-refractivity contribution in [2.45, 2.75) is 32.7 Å². The van der Waals surface area contributed by atoms with Gasteiger partial charge in [-0.1, -0.05) is 25.5 Å². The maximum absolute atomic E-state index is 11.9. The topological polar surface area (TPSA) is 45.2 Å². The van der Waals surface area contributed by atoms with Crippen molar-refractivity contribution in [3.63, 3.8) is 0 Å². The Kier molecular flexibility index (Phi) is 5.70. The molecule has 1 N–H and O–H groups in total. The minimum absolute atomic E-state index is 0.0823. The second-order valence-corrected chi connectivity index (χ2v) is 6.38. The number of hydrogen-bond acceptors (Lipinski definition) is 4. The van der Waals surface area contributed by atoms with Crippen molar-refractivity contribution < 1.29 is 4.79 Å². The molecule has 1 amide bonds. The third-order valence-corrected chi connectivity index (χ3v) is 4.78. The summed E-state index contributed by atoms with van der Waals surface area (Å²) in [7, 11) is 1.97. The van der Waals surface area contributed by atoms with Gasteiger partial charge in [0.25, 0.3) is 0 Å². The van der Waals surface area contributed by atoms with E-state index < -0.39 is 0 Å². The smallest absolute Gasteiger partial charge is 0.234 e. The summed E-state index contributed by atoms with van der Waals surface area (Å²) in [6, 6.07) is 8.28. The van der Waals surface area contributed by atoms with Crippen molar-refractivity contribution in [1.29, 1.82) is 0 Å². The molecule has 2 rings (SSSR count). The van der Waals surface area contributed by atoms with Crippen LogP contribution in [0.2, 0.25) is 0 Å². The van der Waals surface area contributed by atoms with Crippen molar-refractivity contribution in [3.8, 4) is 0 Å². The lowest BCUT2D eigenvalue weighted by Crippen LogP contribution is -2.36.